The summed E-state index contributed by atoms with van der Waals surface area (Å²) in [7, 11) is 1.64. The zero-order valence-electron chi connectivity index (χ0n) is 33.0. The number of carbonyl (C=O) groups excluding carboxylic acids is 3. The molecule has 4 heterocycles. The summed E-state index contributed by atoms with van der Waals surface area (Å²) in [5, 5.41) is 25.9. The van der Waals surface area contributed by atoms with Gasteiger partial charge in [0.2, 0.25) is 23.5 Å². The molecule has 0 fully saturated rings. The van der Waals surface area contributed by atoms with E-state index in [0.717, 1.165) is 54.2 Å². The van der Waals surface area contributed by atoms with Gasteiger partial charge in [0.25, 0.3) is 0 Å². The second-order valence-corrected chi connectivity index (χ2v) is 15.7. The van der Waals surface area contributed by atoms with E-state index < -0.39 is 18.1 Å². The lowest BCUT2D eigenvalue weighted by Crippen LogP contribution is -2.57. The highest BCUT2D eigenvalue weighted by molar-refractivity contribution is 7.99. The van der Waals surface area contributed by atoms with Crippen LogP contribution in [0.2, 0.25) is 0 Å². The summed E-state index contributed by atoms with van der Waals surface area (Å²) in [4.78, 5) is 54.0. The Labute approximate surface area is 346 Å². The number of pyridine rings is 1. The SMILES string of the molecule is CN1C(=O)[C@H](CCCCN)NC(=O)[C@H](CCCN)NCc2cccnc2Sc2cccc(-c3ccc(-c4nn[nH]n4)cc3)c2CNC(=O)[C@@H]1Cc1c[nH]c2ccccc12. The summed E-state index contributed by atoms with van der Waals surface area (Å²) in [5.41, 5.74) is 18.0. The molecule has 0 saturated carbocycles. The topological polar surface area (TPSA) is 226 Å². The fraction of sp³-hybridized carbons (Fsp3) is 0.326. The molecule has 3 atom stereocenters. The molecule has 0 bridgehead atoms. The molecule has 9 N–H and O–H groups in total. The molecule has 0 spiro atoms. The molecule has 0 aliphatic carbocycles. The maximum Gasteiger partial charge on any atom is 0.245 e. The first-order chi connectivity index (χ1) is 28.8. The zero-order valence-corrected chi connectivity index (χ0v) is 33.8. The van der Waals surface area contributed by atoms with E-state index in [9.17, 15) is 14.4 Å². The number of carbonyl (C=O) groups is 3. The summed E-state index contributed by atoms with van der Waals surface area (Å²) in [6.45, 7) is 1.37. The lowest BCUT2D eigenvalue weighted by Gasteiger charge is -2.32. The van der Waals surface area contributed by atoms with Crippen molar-refractivity contribution < 1.29 is 14.4 Å². The summed E-state index contributed by atoms with van der Waals surface area (Å²) < 4.78 is 0. The van der Waals surface area contributed by atoms with Gasteiger partial charge in [0.1, 0.15) is 17.1 Å². The van der Waals surface area contributed by atoms with Crippen LogP contribution in [-0.2, 0) is 33.9 Å². The highest BCUT2D eigenvalue weighted by Gasteiger charge is 2.34. The number of H-pyrrole nitrogens is 2. The van der Waals surface area contributed by atoms with Crippen LogP contribution in [-0.4, -0.2) is 91.5 Å². The van der Waals surface area contributed by atoms with E-state index in [1.54, 1.807) is 13.2 Å². The van der Waals surface area contributed by atoms with Crippen LogP contribution < -0.4 is 27.4 Å². The Bertz CT molecular complexity index is 2350. The molecule has 6 aromatic rings. The van der Waals surface area contributed by atoms with Crippen LogP contribution in [0.15, 0.2) is 101 Å². The van der Waals surface area contributed by atoms with Gasteiger partial charge in [-0.3, -0.25) is 14.4 Å². The number of amides is 3. The van der Waals surface area contributed by atoms with Gasteiger partial charge in [-0.1, -0.05) is 72.4 Å². The van der Waals surface area contributed by atoms with Crippen LogP contribution in [0.1, 0.15) is 48.8 Å². The average Bonchev–Trinajstić information content (AvgIpc) is 3.95. The Morgan fingerprint density at radius 2 is 1.63 bits per heavy atom. The number of hydrogen-bond acceptors (Lipinski definition) is 11. The lowest BCUT2D eigenvalue weighted by molar-refractivity contribution is -0.142. The van der Waals surface area contributed by atoms with E-state index in [4.69, 9.17) is 16.5 Å². The number of likely N-dealkylation sites (N-methyl/N-ethyl adjacent to an activating group) is 1. The van der Waals surface area contributed by atoms with Crippen LogP contribution in [0, 0.1) is 0 Å². The van der Waals surface area contributed by atoms with Gasteiger partial charge in [0.05, 0.1) is 6.04 Å². The van der Waals surface area contributed by atoms with Crippen molar-refractivity contribution in [2.45, 2.75) is 79.7 Å². The number of nitrogens with one attached hydrogen (secondary N) is 5. The van der Waals surface area contributed by atoms with Crippen LogP contribution in [0.4, 0.5) is 0 Å². The molecular weight excluding hydrogens is 765 g/mol. The minimum atomic E-state index is -0.919. The van der Waals surface area contributed by atoms with E-state index in [-0.39, 0.29) is 30.7 Å². The number of fused-ring (bicyclic) bond motifs is 3. The second kappa shape index (κ2) is 19.7. The summed E-state index contributed by atoms with van der Waals surface area (Å²) in [6.07, 6.45) is 6.60. The monoisotopic (exact) mass is 814 g/mol. The van der Waals surface area contributed by atoms with Gasteiger partial charge >= 0.3 is 0 Å². The number of nitrogens with zero attached hydrogens (tertiary/aromatic N) is 5. The summed E-state index contributed by atoms with van der Waals surface area (Å²) >= 11 is 1.50. The fourth-order valence-electron chi connectivity index (χ4n) is 7.46. The molecule has 0 radical (unpaired) electrons. The number of para-hydroxylation sites is 1. The summed E-state index contributed by atoms with van der Waals surface area (Å²) in [5.74, 6) is -0.512. The van der Waals surface area contributed by atoms with Crippen molar-refractivity contribution in [1.82, 2.24) is 51.4 Å². The second-order valence-electron chi connectivity index (χ2n) is 14.6. The van der Waals surface area contributed by atoms with E-state index in [1.165, 1.54) is 16.7 Å². The van der Waals surface area contributed by atoms with Gasteiger partial charge in [-0.05, 0) is 96.4 Å². The number of aromatic amines is 2. The predicted molar refractivity (Wildman–Crippen MR) is 228 cm³/mol. The minimum Gasteiger partial charge on any atom is -0.361 e. The largest absolute Gasteiger partial charge is 0.361 e. The molecule has 306 valence electrons. The Kier molecular flexibility index (Phi) is 13.7. The van der Waals surface area contributed by atoms with Crippen molar-refractivity contribution in [3.8, 4) is 22.5 Å². The fourth-order valence-corrected chi connectivity index (χ4v) is 8.51. The van der Waals surface area contributed by atoms with Crippen molar-refractivity contribution in [2.24, 2.45) is 11.5 Å². The normalized spacial score (nSPS) is 18.2. The zero-order chi connectivity index (χ0) is 41.1. The Morgan fingerprint density at radius 1 is 0.831 bits per heavy atom. The van der Waals surface area contributed by atoms with Gasteiger partial charge in [0, 0.05) is 60.3 Å². The van der Waals surface area contributed by atoms with Gasteiger partial charge in [-0.25, -0.2) is 4.98 Å². The van der Waals surface area contributed by atoms with E-state index >= 15 is 0 Å². The van der Waals surface area contributed by atoms with Crippen molar-refractivity contribution >= 4 is 40.4 Å². The average molecular weight is 815 g/mol. The highest BCUT2D eigenvalue weighted by Crippen LogP contribution is 2.37. The first-order valence-corrected chi connectivity index (χ1v) is 20.8. The number of unbranched alkanes of at least 4 members (excludes halogenated alkanes) is 1. The Morgan fingerprint density at radius 3 is 2.42 bits per heavy atom. The Hall–Kier alpha value is -5.94. The van der Waals surface area contributed by atoms with Crippen LogP contribution in [0.5, 0.6) is 0 Å². The van der Waals surface area contributed by atoms with Crippen molar-refractivity contribution in [3.05, 3.63) is 108 Å². The van der Waals surface area contributed by atoms with Crippen molar-refractivity contribution in [3.63, 3.8) is 0 Å². The molecule has 1 aliphatic heterocycles. The first kappa shape index (κ1) is 41.2. The van der Waals surface area contributed by atoms with Gasteiger partial charge in [-0.2, -0.15) is 5.21 Å². The van der Waals surface area contributed by atoms with Crippen LogP contribution in [0.3, 0.4) is 0 Å². The van der Waals surface area contributed by atoms with E-state index in [1.807, 2.05) is 85.1 Å². The Balaban J connectivity index is 1.31. The molecule has 1 aliphatic rings. The van der Waals surface area contributed by atoms with Crippen LogP contribution >= 0.6 is 11.8 Å². The van der Waals surface area contributed by atoms with E-state index in [0.29, 0.717) is 57.6 Å². The molecule has 15 nitrogen and oxygen atoms in total. The number of hydrogen-bond donors (Lipinski definition) is 7. The minimum absolute atomic E-state index is 0.161. The molecular formula is C43H50N12O3S. The molecule has 0 saturated heterocycles. The third kappa shape index (κ3) is 9.85. The third-order valence-corrected chi connectivity index (χ3v) is 11.9. The van der Waals surface area contributed by atoms with Crippen LogP contribution in [0.25, 0.3) is 33.4 Å². The third-order valence-electron chi connectivity index (χ3n) is 10.7. The molecule has 59 heavy (non-hydrogen) atoms. The molecule has 3 amide bonds. The number of nitrogens with two attached hydrogens (primary N) is 2. The maximum atomic E-state index is 14.7. The number of tetrazole rings is 1. The molecule has 0 unspecified atom stereocenters. The van der Waals surface area contributed by atoms with Gasteiger partial charge in [0.15, 0.2) is 0 Å². The summed E-state index contributed by atoms with van der Waals surface area (Å²) in [6, 6.07) is 23.2. The van der Waals surface area contributed by atoms with Gasteiger partial charge in [-0.15, -0.1) is 10.2 Å². The molecule has 7 rings (SSSR count). The number of aromatic nitrogens is 6. The maximum absolute atomic E-state index is 14.7. The highest BCUT2D eigenvalue weighted by atomic mass is 32.2. The van der Waals surface area contributed by atoms with Gasteiger partial charge < -0.3 is 37.3 Å². The first-order valence-electron chi connectivity index (χ1n) is 20.0. The molecule has 3 aromatic carbocycles. The van der Waals surface area contributed by atoms with Crippen molar-refractivity contribution in [1.29, 1.82) is 0 Å². The molecule has 3 aromatic heterocycles. The smallest absolute Gasteiger partial charge is 0.245 e. The lowest BCUT2D eigenvalue weighted by atomic mass is 9.97. The number of benzene rings is 3. The van der Waals surface area contributed by atoms with Crippen molar-refractivity contribution in [2.75, 3.05) is 20.1 Å². The number of rotatable bonds is 11. The van der Waals surface area contributed by atoms with E-state index in [2.05, 4.69) is 41.6 Å². The predicted octanol–water partition coefficient (Wildman–Crippen LogP) is 4.07. The quantitative estimate of drug-likeness (QED) is 0.0924. The standard InChI is InChI=1S/C43H50N12O3S/c1-55-37(23-30-25-47-34-12-3-2-10-32(30)34)41(57)49-26-33-31(27-16-18-28(19-17-27)39-51-53-54-52-39)11-6-15-38(33)59-42-29(9-8-22-46-42)24-48-35(14-7-21-45)40(56)50-36(43(55)58)13-4-5-20-44/h2-3,6,8-12,15-19,22,25,35-37,47-48H,4-5,7,13-14,20-21,23-24,26,44-45H2,1H3,(H,49,57)(H,50,56)(H,51,52,53,54)/t35-,36-,37-/m0/s1. The molecule has 16 heteroatoms.